The molecule has 0 bridgehead atoms. The van der Waals surface area contributed by atoms with Crippen LogP contribution in [0.15, 0.2) is 4.52 Å². The van der Waals surface area contributed by atoms with E-state index in [9.17, 15) is 8.42 Å². The van der Waals surface area contributed by atoms with Gasteiger partial charge in [-0.3, -0.25) is 0 Å². The topological polar surface area (TPSA) is 85.1 Å². The first kappa shape index (κ1) is 11.4. The number of halogens is 1. The average molecular weight is 240 g/mol. The zero-order valence-electron chi connectivity index (χ0n) is 7.53. The summed E-state index contributed by atoms with van der Waals surface area (Å²) >= 11 is 5.30. The van der Waals surface area contributed by atoms with Crippen LogP contribution in [0.4, 0.5) is 0 Å². The maximum absolute atomic E-state index is 11.1. The van der Waals surface area contributed by atoms with E-state index in [2.05, 4.69) is 19.4 Å². The summed E-state index contributed by atoms with van der Waals surface area (Å²) in [6.07, 6.45) is 0. The Morgan fingerprint density at radius 1 is 1.57 bits per heavy atom. The summed E-state index contributed by atoms with van der Waals surface area (Å²) in [5.74, 6) is 0.642. The van der Waals surface area contributed by atoms with Crippen LogP contribution in [0, 0.1) is 6.92 Å². The fourth-order valence-corrected chi connectivity index (χ4v) is 2.07. The number of aromatic nitrogens is 2. The molecule has 0 atom stereocenters. The number of hydrogen-bond donors (Lipinski definition) is 1. The number of nitrogens with zero attached hydrogens (tertiary/aromatic N) is 2. The molecule has 1 aromatic rings. The van der Waals surface area contributed by atoms with Gasteiger partial charge in [0.05, 0.1) is 12.3 Å². The van der Waals surface area contributed by atoms with E-state index in [1.165, 1.54) is 0 Å². The van der Waals surface area contributed by atoms with E-state index < -0.39 is 10.0 Å². The Balaban J connectivity index is 2.48. The highest BCUT2D eigenvalue weighted by Gasteiger charge is 2.10. The van der Waals surface area contributed by atoms with Crippen molar-refractivity contribution in [1.82, 2.24) is 14.9 Å². The van der Waals surface area contributed by atoms with E-state index in [4.69, 9.17) is 11.6 Å². The van der Waals surface area contributed by atoms with E-state index >= 15 is 0 Å². The quantitative estimate of drug-likeness (QED) is 0.733. The molecule has 1 N–H and O–H groups in total. The molecule has 0 radical (unpaired) electrons. The van der Waals surface area contributed by atoms with Crippen LogP contribution in [-0.2, 0) is 16.6 Å². The van der Waals surface area contributed by atoms with Crippen molar-refractivity contribution in [2.24, 2.45) is 0 Å². The monoisotopic (exact) mass is 239 g/mol. The Labute approximate surface area is 86.7 Å². The Kier molecular flexibility index (Phi) is 3.85. The Morgan fingerprint density at radius 2 is 2.29 bits per heavy atom. The number of hydrogen-bond acceptors (Lipinski definition) is 5. The third kappa shape index (κ3) is 3.60. The second-order valence-electron chi connectivity index (χ2n) is 2.56. The molecule has 0 fully saturated rings. The highest BCUT2D eigenvalue weighted by molar-refractivity contribution is 7.89. The molecule has 0 saturated heterocycles. The largest absolute Gasteiger partial charge is 0.340 e. The average Bonchev–Trinajstić information content (AvgIpc) is 2.48. The molecule has 0 aliphatic rings. The molecule has 1 aromatic heterocycles. The van der Waals surface area contributed by atoms with Gasteiger partial charge in [0.15, 0.2) is 5.82 Å². The number of aryl methyl sites for hydroxylation is 1. The van der Waals surface area contributed by atoms with Gasteiger partial charge in [0.1, 0.15) is 0 Å². The van der Waals surface area contributed by atoms with Gasteiger partial charge in [-0.2, -0.15) is 4.98 Å². The van der Waals surface area contributed by atoms with Crippen molar-refractivity contribution < 1.29 is 12.9 Å². The van der Waals surface area contributed by atoms with E-state index in [-0.39, 0.29) is 18.2 Å². The lowest BCUT2D eigenvalue weighted by molar-refractivity contribution is 0.387. The lowest BCUT2D eigenvalue weighted by Gasteiger charge is -2.00. The molecule has 80 valence electrons. The standard InChI is InChI=1S/C6H10ClN3O3S/c1-5-9-6(10-13-5)4-8-14(11,12)3-2-7/h8H,2-4H2,1H3. The van der Waals surface area contributed by atoms with Gasteiger partial charge in [0.25, 0.3) is 0 Å². The Hall–Kier alpha value is -0.660. The minimum atomic E-state index is -3.32. The molecule has 0 amide bonds. The molecule has 1 rings (SSSR count). The second kappa shape index (κ2) is 4.72. The number of nitrogens with one attached hydrogen (secondary N) is 1. The molecule has 6 nitrogen and oxygen atoms in total. The molecule has 1 heterocycles. The van der Waals surface area contributed by atoms with Crippen LogP contribution in [0.2, 0.25) is 0 Å². The SMILES string of the molecule is Cc1nc(CNS(=O)(=O)CCCl)no1. The van der Waals surface area contributed by atoms with Crippen LogP contribution in [0.3, 0.4) is 0 Å². The lowest BCUT2D eigenvalue weighted by atomic mass is 10.6. The van der Waals surface area contributed by atoms with Gasteiger partial charge in [-0.15, -0.1) is 11.6 Å². The Bertz CT molecular complexity index is 389. The van der Waals surface area contributed by atoms with Gasteiger partial charge in [0.2, 0.25) is 15.9 Å². The summed E-state index contributed by atoms with van der Waals surface area (Å²) in [4.78, 5) is 3.84. The molecule has 0 aliphatic carbocycles. The van der Waals surface area contributed by atoms with Crippen molar-refractivity contribution >= 4 is 21.6 Å². The summed E-state index contributed by atoms with van der Waals surface area (Å²) in [7, 11) is -3.32. The Morgan fingerprint density at radius 3 is 2.79 bits per heavy atom. The first-order valence-corrected chi connectivity index (χ1v) is 6.04. The van der Waals surface area contributed by atoms with Crippen molar-refractivity contribution in [3.05, 3.63) is 11.7 Å². The first-order valence-electron chi connectivity index (χ1n) is 3.86. The molecule has 14 heavy (non-hydrogen) atoms. The van der Waals surface area contributed by atoms with Crippen molar-refractivity contribution in [3.8, 4) is 0 Å². The molecule has 0 aromatic carbocycles. The van der Waals surface area contributed by atoms with E-state index in [1.807, 2.05) is 0 Å². The predicted molar refractivity (Wildman–Crippen MR) is 50.4 cm³/mol. The van der Waals surface area contributed by atoms with Crippen LogP contribution in [0.25, 0.3) is 0 Å². The highest BCUT2D eigenvalue weighted by atomic mass is 35.5. The number of rotatable bonds is 5. The van der Waals surface area contributed by atoms with Crippen molar-refractivity contribution in [2.45, 2.75) is 13.5 Å². The van der Waals surface area contributed by atoms with E-state index in [0.29, 0.717) is 11.7 Å². The molecular formula is C6H10ClN3O3S. The number of alkyl halides is 1. The lowest BCUT2D eigenvalue weighted by Crippen LogP contribution is -2.27. The van der Waals surface area contributed by atoms with Crippen LogP contribution in [-0.4, -0.2) is 30.2 Å². The highest BCUT2D eigenvalue weighted by Crippen LogP contribution is 1.95. The molecular weight excluding hydrogens is 230 g/mol. The molecule has 0 unspecified atom stereocenters. The van der Waals surface area contributed by atoms with Crippen molar-refractivity contribution in [2.75, 3.05) is 11.6 Å². The zero-order chi connectivity index (χ0) is 10.6. The fraction of sp³-hybridized carbons (Fsp3) is 0.667. The molecule has 0 spiro atoms. The maximum atomic E-state index is 11.1. The maximum Gasteiger partial charge on any atom is 0.223 e. The minimum Gasteiger partial charge on any atom is -0.340 e. The van der Waals surface area contributed by atoms with Gasteiger partial charge >= 0.3 is 0 Å². The van der Waals surface area contributed by atoms with Gasteiger partial charge in [-0.25, -0.2) is 13.1 Å². The first-order chi connectivity index (χ1) is 6.53. The fourth-order valence-electron chi connectivity index (χ4n) is 0.761. The van der Waals surface area contributed by atoms with Gasteiger partial charge in [-0.1, -0.05) is 5.16 Å². The molecule has 0 saturated carbocycles. The third-order valence-electron chi connectivity index (χ3n) is 1.37. The molecule has 8 heteroatoms. The van der Waals surface area contributed by atoms with Crippen LogP contribution in [0.5, 0.6) is 0 Å². The van der Waals surface area contributed by atoms with Crippen molar-refractivity contribution in [1.29, 1.82) is 0 Å². The molecule has 0 aliphatic heterocycles. The normalized spacial score (nSPS) is 11.9. The number of sulfonamides is 1. The smallest absolute Gasteiger partial charge is 0.223 e. The van der Waals surface area contributed by atoms with Crippen LogP contribution >= 0.6 is 11.6 Å². The predicted octanol–water partition coefficient (Wildman–Crippen LogP) is 0.0362. The summed E-state index contributed by atoms with van der Waals surface area (Å²) in [5, 5.41) is 3.53. The summed E-state index contributed by atoms with van der Waals surface area (Å²) in [5.41, 5.74) is 0. The summed E-state index contributed by atoms with van der Waals surface area (Å²) in [6.45, 7) is 1.65. The van der Waals surface area contributed by atoms with Crippen LogP contribution < -0.4 is 4.72 Å². The van der Waals surface area contributed by atoms with Crippen LogP contribution in [0.1, 0.15) is 11.7 Å². The van der Waals surface area contributed by atoms with Gasteiger partial charge < -0.3 is 4.52 Å². The van der Waals surface area contributed by atoms with E-state index in [1.54, 1.807) is 6.92 Å². The minimum absolute atomic E-state index is 0.0244. The zero-order valence-corrected chi connectivity index (χ0v) is 9.10. The van der Waals surface area contributed by atoms with Gasteiger partial charge in [-0.05, 0) is 0 Å². The summed E-state index contributed by atoms with van der Waals surface area (Å²) < 4.78 is 29.2. The van der Waals surface area contributed by atoms with Gasteiger partial charge in [0, 0.05) is 12.8 Å². The van der Waals surface area contributed by atoms with Crippen molar-refractivity contribution in [3.63, 3.8) is 0 Å². The third-order valence-corrected chi connectivity index (χ3v) is 3.10. The summed E-state index contributed by atoms with van der Waals surface area (Å²) in [6, 6.07) is 0. The van der Waals surface area contributed by atoms with E-state index in [0.717, 1.165) is 0 Å². The second-order valence-corrected chi connectivity index (χ2v) is 4.86.